The summed E-state index contributed by atoms with van der Waals surface area (Å²) in [6, 6.07) is 65.0. The van der Waals surface area contributed by atoms with Crippen LogP contribution in [0.25, 0.3) is 22.1 Å². The van der Waals surface area contributed by atoms with E-state index in [1.54, 1.807) is 0 Å². The lowest BCUT2D eigenvalue weighted by Crippen LogP contribution is -2.61. The lowest BCUT2D eigenvalue weighted by Gasteiger charge is -2.45. The first-order chi connectivity index (χ1) is 37.4. The van der Waals surface area contributed by atoms with Crippen LogP contribution in [0.15, 0.2) is 174 Å². The molecular formula is C74H78BN3O. The molecule has 9 aromatic rings. The predicted octanol–water partition coefficient (Wildman–Crippen LogP) is 18.9. The number of nitrogens with zero attached hydrogens (tertiary/aromatic N) is 3. The second kappa shape index (κ2) is 17.6. The van der Waals surface area contributed by atoms with Crippen molar-refractivity contribution >= 4 is 85.5 Å². The van der Waals surface area contributed by atoms with Gasteiger partial charge < -0.3 is 19.1 Å². The molecule has 0 atom stereocenters. The quantitative estimate of drug-likeness (QED) is 0.155. The fraction of sp³-hybridized carbons (Fsp3) is 0.324. The molecule has 0 saturated carbocycles. The average Bonchev–Trinajstić information content (AvgIpc) is 4.02. The van der Waals surface area contributed by atoms with Crippen molar-refractivity contribution in [1.29, 1.82) is 0 Å². The van der Waals surface area contributed by atoms with Crippen molar-refractivity contribution in [1.82, 2.24) is 0 Å². The van der Waals surface area contributed by atoms with Crippen LogP contribution in [0.3, 0.4) is 0 Å². The summed E-state index contributed by atoms with van der Waals surface area (Å²) < 4.78 is 7.82. The summed E-state index contributed by atoms with van der Waals surface area (Å²) in [6.07, 6.45) is 4.54. The molecule has 0 unspecified atom stereocenters. The second-order valence-corrected chi connectivity index (χ2v) is 28.4. The van der Waals surface area contributed by atoms with Gasteiger partial charge in [-0.1, -0.05) is 188 Å². The van der Waals surface area contributed by atoms with Gasteiger partial charge in [0.25, 0.3) is 6.71 Å². The van der Waals surface area contributed by atoms with Crippen LogP contribution in [0, 0.1) is 0 Å². The summed E-state index contributed by atoms with van der Waals surface area (Å²) in [5.41, 5.74) is 25.2. The number of para-hydroxylation sites is 2. The molecule has 2 aliphatic carbocycles. The summed E-state index contributed by atoms with van der Waals surface area (Å²) in [7, 11) is 0. The highest BCUT2D eigenvalue weighted by atomic mass is 16.3. The van der Waals surface area contributed by atoms with Crippen molar-refractivity contribution in [3.8, 4) is 11.1 Å². The van der Waals surface area contributed by atoms with Gasteiger partial charge in [0.15, 0.2) is 0 Å². The van der Waals surface area contributed by atoms with Gasteiger partial charge in [-0.25, -0.2) is 0 Å². The molecule has 79 heavy (non-hydrogen) atoms. The van der Waals surface area contributed by atoms with Crippen LogP contribution >= 0.6 is 0 Å². The number of benzene rings is 8. The Morgan fingerprint density at radius 1 is 0.430 bits per heavy atom. The van der Waals surface area contributed by atoms with E-state index in [2.05, 4.69) is 281 Å². The molecule has 0 saturated heterocycles. The van der Waals surface area contributed by atoms with Crippen LogP contribution in [0.2, 0.25) is 0 Å². The van der Waals surface area contributed by atoms with E-state index in [4.69, 9.17) is 4.42 Å². The zero-order chi connectivity index (χ0) is 55.3. The van der Waals surface area contributed by atoms with Gasteiger partial charge in [-0.15, -0.1) is 0 Å². The summed E-state index contributed by atoms with van der Waals surface area (Å²) in [5.74, 6) is 0. The summed E-state index contributed by atoms with van der Waals surface area (Å²) in [4.78, 5) is 7.73. The van der Waals surface area contributed by atoms with E-state index in [1.165, 1.54) is 66.5 Å². The molecule has 0 fully saturated rings. The van der Waals surface area contributed by atoms with E-state index in [1.807, 2.05) is 0 Å². The van der Waals surface area contributed by atoms with Gasteiger partial charge in [-0.3, -0.25) is 0 Å². The summed E-state index contributed by atoms with van der Waals surface area (Å²) in [6.45, 7) is 33.5. The van der Waals surface area contributed by atoms with Crippen molar-refractivity contribution in [2.75, 3.05) is 14.7 Å². The Morgan fingerprint density at radius 2 is 0.937 bits per heavy atom. The highest BCUT2D eigenvalue weighted by molar-refractivity contribution is 7.00. The fourth-order valence-corrected chi connectivity index (χ4v) is 13.9. The smallest absolute Gasteiger partial charge is 0.297 e. The maximum Gasteiger partial charge on any atom is 0.297 e. The van der Waals surface area contributed by atoms with E-state index in [9.17, 15) is 0 Å². The Hall–Kier alpha value is -7.24. The molecule has 398 valence electrons. The molecular weight excluding hydrogens is 958 g/mol. The zero-order valence-electron chi connectivity index (χ0n) is 49.3. The van der Waals surface area contributed by atoms with E-state index in [-0.39, 0.29) is 39.2 Å². The second-order valence-electron chi connectivity index (χ2n) is 28.4. The van der Waals surface area contributed by atoms with Crippen molar-refractivity contribution in [3.05, 3.63) is 203 Å². The van der Waals surface area contributed by atoms with Gasteiger partial charge in [0.1, 0.15) is 5.58 Å². The molecule has 4 nitrogen and oxygen atoms in total. The molecule has 1 aromatic heterocycles. The average molecular weight is 1040 g/mol. The molecule has 4 aliphatic rings. The molecule has 0 amide bonds. The molecule has 0 N–H and O–H groups in total. The molecule has 3 heterocycles. The lowest BCUT2D eigenvalue weighted by molar-refractivity contribution is 0.332. The number of furan rings is 1. The van der Waals surface area contributed by atoms with E-state index < -0.39 is 0 Å². The van der Waals surface area contributed by atoms with Crippen LogP contribution < -0.4 is 31.3 Å². The maximum atomic E-state index is 7.82. The number of anilines is 9. The first kappa shape index (κ1) is 51.2. The van der Waals surface area contributed by atoms with Gasteiger partial charge in [0.2, 0.25) is 0 Å². The van der Waals surface area contributed by atoms with Crippen molar-refractivity contribution in [2.45, 2.75) is 155 Å². The van der Waals surface area contributed by atoms with Crippen LogP contribution in [0.5, 0.6) is 0 Å². The topological polar surface area (TPSA) is 22.9 Å². The Labute approximate surface area is 471 Å². The number of fused-ring (bicyclic) bond motifs is 8. The van der Waals surface area contributed by atoms with Crippen molar-refractivity contribution in [2.24, 2.45) is 0 Å². The molecule has 2 aliphatic heterocycles. The molecule has 8 aromatic carbocycles. The Balaban J connectivity index is 1.22. The third kappa shape index (κ3) is 8.30. The minimum atomic E-state index is -0.242. The van der Waals surface area contributed by atoms with Crippen LogP contribution in [-0.2, 0) is 32.5 Å². The standard InChI is InChI=1S/C74H78BN3O/c1-69(2,3)49-39-50(70(4,5)6)41-54(40-49)77-62-33-30-48(47-24-18-15-19-25-47)38-61(62)75-66-63(77)43-55(76(51-26-20-16-21-27-51)52-28-22-17-23-29-52)44-64(66)78(53-31-32-57-58(42-53)72(9,10)35-34-71(57,7)8)67-56-45-59-60(46-65(56)79-68(67)75)74(13,14)37-36-73(59,11)12/h15-33,38-46H,34-37H2,1-14H3. The van der Waals surface area contributed by atoms with Gasteiger partial charge in [-0.2, -0.15) is 0 Å². The lowest BCUT2D eigenvalue weighted by atomic mass is 9.35. The normalized spacial score (nSPS) is 17.4. The van der Waals surface area contributed by atoms with Crippen molar-refractivity contribution < 1.29 is 4.42 Å². The number of hydrogen-bond acceptors (Lipinski definition) is 4. The van der Waals surface area contributed by atoms with Crippen molar-refractivity contribution in [3.63, 3.8) is 0 Å². The Bertz CT molecular complexity index is 3810. The maximum absolute atomic E-state index is 7.82. The number of rotatable bonds is 6. The van der Waals surface area contributed by atoms with Crippen LogP contribution in [-0.4, -0.2) is 6.71 Å². The third-order valence-corrected chi connectivity index (χ3v) is 19.0. The Kier molecular flexibility index (Phi) is 11.4. The van der Waals surface area contributed by atoms with E-state index in [0.29, 0.717) is 0 Å². The minimum Gasteiger partial charge on any atom is -0.468 e. The van der Waals surface area contributed by atoms with Gasteiger partial charge >= 0.3 is 0 Å². The van der Waals surface area contributed by atoms with Gasteiger partial charge in [0, 0.05) is 45.2 Å². The van der Waals surface area contributed by atoms with E-state index in [0.717, 1.165) is 82.4 Å². The molecule has 13 rings (SSSR count). The van der Waals surface area contributed by atoms with Gasteiger partial charge in [-0.05, 0) is 192 Å². The largest absolute Gasteiger partial charge is 0.468 e. The minimum absolute atomic E-state index is 0.00228. The van der Waals surface area contributed by atoms with Gasteiger partial charge in [0.05, 0.1) is 17.0 Å². The SMILES string of the molecule is CC(C)(C)c1cc(N2c3ccc(-c4ccccc4)cc3B3c4oc5cc6c(cc5c4N(c4ccc5c(c4)C(C)(C)CCC5(C)C)c4cc(N(c5ccccc5)c5ccccc5)cc2c43)C(C)(C)CCC6(C)C)cc(C(C)(C)C)c1. The Morgan fingerprint density at radius 3 is 1.49 bits per heavy atom. The summed E-state index contributed by atoms with van der Waals surface area (Å²) in [5, 5.41) is 1.17. The molecule has 0 spiro atoms. The zero-order valence-corrected chi connectivity index (χ0v) is 49.3. The van der Waals surface area contributed by atoms with Crippen LogP contribution in [0.1, 0.15) is 156 Å². The number of hydrogen-bond donors (Lipinski definition) is 0. The van der Waals surface area contributed by atoms with Crippen LogP contribution in [0.4, 0.5) is 51.2 Å². The molecule has 0 bridgehead atoms. The monoisotopic (exact) mass is 1040 g/mol. The first-order valence-electron chi connectivity index (χ1n) is 29.2. The highest BCUT2D eigenvalue weighted by Crippen LogP contribution is 2.55. The predicted molar refractivity (Wildman–Crippen MR) is 338 cm³/mol. The first-order valence-corrected chi connectivity index (χ1v) is 29.2. The highest BCUT2D eigenvalue weighted by Gasteiger charge is 2.49. The summed E-state index contributed by atoms with van der Waals surface area (Å²) >= 11 is 0. The fourth-order valence-electron chi connectivity index (χ4n) is 13.9. The molecule has 5 heteroatoms. The van der Waals surface area contributed by atoms with E-state index >= 15 is 0 Å². The third-order valence-electron chi connectivity index (χ3n) is 19.0. The molecule has 0 radical (unpaired) electrons.